The van der Waals surface area contributed by atoms with Crippen molar-refractivity contribution in [3.63, 3.8) is 0 Å². The average molecular weight is 436 g/mol. The van der Waals surface area contributed by atoms with Gasteiger partial charge in [-0.3, -0.25) is 9.59 Å². The number of H-pyrrole nitrogens is 1. The van der Waals surface area contributed by atoms with Gasteiger partial charge >= 0.3 is 0 Å². The Morgan fingerprint density at radius 2 is 1.82 bits per heavy atom. The van der Waals surface area contributed by atoms with Crippen molar-refractivity contribution in [2.24, 2.45) is 0 Å². The van der Waals surface area contributed by atoms with Crippen molar-refractivity contribution >= 4 is 34.1 Å². The number of carbonyl (C=O) groups is 2. The minimum absolute atomic E-state index is 0.0996. The number of carbonyl (C=O) groups excluding carboxylic acids is 2. The van der Waals surface area contributed by atoms with E-state index in [4.69, 9.17) is 0 Å². The molecule has 0 amide bonds. The van der Waals surface area contributed by atoms with Crippen molar-refractivity contribution in [3.05, 3.63) is 103 Å². The van der Waals surface area contributed by atoms with Crippen molar-refractivity contribution in [3.8, 4) is 0 Å². The van der Waals surface area contributed by atoms with Crippen LogP contribution in [-0.2, 0) is 17.8 Å². The zero-order chi connectivity index (χ0) is 22.6. The fourth-order valence-electron chi connectivity index (χ4n) is 3.69. The van der Waals surface area contributed by atoms with Gasteiger partial charge in [0.15, 0.2) is 11.6 Å². The van der Waals surface area contributed by atoms with E-state index in [1.807, 2.05) is 42.5 Å². The van der Waals surface area contributed by atoms with Crippen LogP contribution in [0, 0.1) is 0 Å². The van der Waals surface area contributed by atoms with Crippen molar-refractivity contribution in [1.82, 2.24) is 24.5 Å². The van der Waals surface area contributed by atoms with Crippen LogP contribution >= 0.6 is 0 Å². The summed E-state index contributed by atoms with van der Waals surface area (Å²) < 4.78 is 1.75. The Labute approximate surface area is 189 Å². The van der Waals surface area contributed by atoms with Gasteiger partial charge in [-0.2, -0.15) is 0 Å². The summed E-state index contributed by atoms with van der Waals surface area (Å²) in [5, 5.41) is 3.91. The Hall–Kier alpha value is -4.59. The molecule has 0 saturated heterocycles. The highest BCUT2D eigenvalue weighted by molar-refractivity contribution is 6.18. The van der Waals surface area contributed by atoms with E-state index >= 15 is 0 Å². The van der Waals surface area contributed by atoms with E-state index in [-0.39, 0.29) is 11.6 Å². The molecule has 3 heterocycles. The molecule has 0 radical (unpaired) electrons. The zero-order valence-electron chi connectivity index (χ0n) is 17.6. The minimum atomic E-state index is -0.105. The molecule has 0 aliphatic rings. The van der Waals surface area contributed by atoms with Crippen molar-refractivity contribution in [1.29, 1.82) is 0 Å². The van der Waals surface area contributed by atoms with Crippen LogP contribution in [0.4, 0.5) is 11.5 Å². The van der Waals surface area contributed by atoms with E-state index in [0.717, 1.165) is 11.3 Å². The highest BCUT2D eigenvalue weighted by Gasteiger charge is 2.18. The summed E-state index contributed by atoms with van der Waals surface area (Å²) in [6, 6.07) is 16.7. The Morgan fingerprint density at radius 3 is 2.58 bits per heavy atom. The van der Waals surface area contributed by atoms with Crippen LogP contribution < -0.4 is 5.32 Å². The lowest BCUT2D eigenvalue weighted by molar-refractivity contribution is -0.119. The van der Waals surface area contributed by atoms with Crippen LogP contribution in [-0.4, -0.2) is 36.1 Å². The van der Waals surface area contributed by atoms with E-state index in [9.17, 15) is 9.59 Å². The first-order chi connectivity index (χ1) is 16.2. The molecule has 0 aliphatic carbocycles. The Balaban J connectivity index is 1.35. The van der Waals surface area contributed by atoms with E-state index in [2.05, 4.69) is 25.3 Å². The maximum absolute atomic E-state index is 13.0. The van der Waals surface area contributed by atoms with Gasteiger partial charge in [0, 0.05) is 36.3 Å². The first kappa shape index (κ1) is 20.3. The van der Waals surface area contributed by atoms with Crippen LogP contribution in [0.1, 0.15) is 21.5 Å². The Bertz CT molecular complexity index is 1410. The van der Waals surface area contributed by atoms with Gasteiger partial charge < -0.3 is 14.9 Å². The Kier molecular flexibility index (Phi) is 5.47. The third-order valence-corrected chi connectivity index (χ3v) is 5.29. The molecule has 2 N–H and O–H groups in total. The molecule has 33 heavy (non-hydrogen) atoms. The van der Waals surface area contributed by atoms with Gasteiger partial charge in [0.05, 0.1) is 23.8 Å². The number of imidazole rings is 1. The second kappa shape index (κ2) is 8.88. The lowest BCUT2D eigenvalue weighted by atomic mass is 10.0. The Morgan fingerprint density at radius 1 is 1.00 bits per heavy atom. The van der Waals surface area contributed by atoms with Gasteiger partial charge in [-0.05, 0) is 17.7 Å². The summed E-state index contributed by atoms with van der Waals surface area (Å²) in [4.78, 5) is 41.0. The van der Waals surface area contributed by atoms with Crippen LogP contribution in [0.5, 0.6) is 0 Å². The van der Waals surface area contributed by atoms with E-state index in [1.54, 1.807) is 41.6 Å². The molecule has 8 nitrogen and oxygen atoms in total. The number of hydrogen-bond donors (Lipinski definition) is 2. The summed E-state index contributed by atoms with van der Waals surface area (Å²) in [7, 11) is 0. The number of fused-ring (bicyclic) bond motifs is 1. The molecule has 3 aromatic heterocycles. The fraction of sp³-hybridized carbons (Fsp3) is 0.0800. The maximum Gasteiger partial charge on any atom is 0.195 e. The molecular weight excluding hydrogens is 416 g/mol. The number of Topliss-reactive ketones (excluding diaryl/α,β-unsaturated/α-hetero) is 1. The quantitative estimate of drug-likeness (QED) is 0.357. The van der Waals surface area contributed by atoms with Gasteiger partial charge in [-0.25, -0.2) is 15.0 Å². The van der Waals surface area contributed by atoms with Gasteiger partial charge in [0.1, 0.15) is 17.8 Å². The molecule has 0 saturated carbocycles. The molecule has 0 bridgehead atoms. The smallest absolute Gasteiger partial charge is 0.195 e. The third-order valence-electron chi connectivity index (χ3n) is 5.29. The van der Waals surface area contributed by atoms with Crippen LogP contribution in [0.25, 0.3) is 11.0 Å². The molecule has 0 atom stereocenters. The SMILES string of the molecule is O=C(Cc1ccc(Nc2ncnc3[nH]cc(C(=O)c4ccccc4)c23)cc1)Cn1ccnc1. The first-order valence-corrected chi connectivity index (χ1v) is 10.4. The molecular formula is C25H20N6O2. The number of benzene rings is 2. The predicted molar refractivity (Wildman–Crippen MR) is 124 cm³/mol. The number of aromatic nitrogens is 5. The molecule has 5 aromatic rings. The highest BCUT2D eigenvalue weighted by Crippen LogP contribution is 2.28. The fourth-order valence-corrected chi connectivity index (χ4v) is 3.69. The van der Waals surface area contributed by atoms with Crippen molar-refractivity contribution < 1.29 is 9.59 Å². The number of nitrogens with zero attached hydrogens (tertiary/aromatic N) is 4. The number of anilines is 2. The summed E-state index contributed by atoms with van der Waals surface area (Å²) in [6.45, 7) is 0.296. The largest absolute Gasteiger partial charge is 0.345 e. The van der Waals surface area contributed by atoms with Gasteiger partial charge in [0.2, 0.25) is 0 Å². The number of nitrogens with one attached hydrogen (secondary N) is 2. The van der Waals surface area contributed by atoms with E-state index in [0.29, 0.717) is 40.9 Å². The van der Waals surface area contributed by atoms with Gasteiger partial charge in [-0.1, -0.05) is 42.5 Å². The van der Waals surface area contributed by atoms with Gasteiger partial charge in [0.25, 0.3) is 0 Å². The lowest BCUT2D eigenvalue weighted by Crippen LogP contribution is -2.11. The van der Waals surface area contributed by atoms with Crippen molar-refractivity contribution in [2.45, 2.75) is 13.0 Å². The zero-order valence-corrected chi connectivity index (χ0v) is 17.6. The predicted octanol–water partition coefficient (Wildman–Crippen LogP) is 3.94. The summed E-state index contributed by atoms with van der Waals surface area (Å²) in [5.41, 5.74) is 3.38. The molecule has 2 aromatic carbocycles. The molecule has 5 rings (SSSR count). The summed E-state index contributed by atoms with van der Waals surface area (Å²) >= 11 is 0. The summed E-state index contributed by atoms with van der Waals surface area (Å²) in [6.07, 6.45) is 8.50. The second-order valence-electron chi connectivity index (χ2n) is 7.62. The highest BCUT2D eigenvalue weighted by atomic mass is 16.1. The maximum atomic E-state index is 13.0. The van der Waals surface area contributed by atoms with Crippen LogP contribution in [0.3, 0.4) is 0 Å². The molecule has 0 aliphatic heterocycles. The van der Waals surface area contributed by atoms with Crippen molar-refractivity contribution in [2.75, 3.05) is 5.32 Å². The van der Waals surface area contributed by atoms with E-state index in [1.165, 1.54) is 6.33 Å². The average Bonchev–Trinajstić information content (AvgIpc) is 3.51. The topological polar surface area (TPSA) is 106 Å². The molecule has 0 fully saturated rings. The van der Waals surface area contributed by atoms with Crippen LogP contribution in [0.2, 0.25) is 0 Å². The number of rotatable bonds is 8. The number of ketones is 2. The second-order valence-corrected chi connectivity index (χ2v) is 7.62. The van der Waals surface area contributed by atoms with Crippen LogP contribution in [0.15, 0.2) is 85.8 Å². The molecule has 0 unspecified atom stereocenters. The molecule has 8 heteroatoms. The normalized spacial score (nSPS) is 10.9. The number of aromatic amines is 1. The lowest BCUT2D eigenvalue weighted by Gasteiger charge is -2.09. The molecule has 162 valence electrons. The molecule has 0 spiro atoms. The third kappa shape index (κ3) is 4.40. The van der Waals surface area contributed by atoms with E-state index < -0.39 is 0 Å². The van der Waals surface area contributed by atoms with Gasteiger partial charge in [-0.15, -0.1) is 0 Å². The minimum Gasteiger partial charge on any atom is -0.345 e. The first-order valence-electron chi connectivity index (χ1n) is 10.4. The standard InChI is InChI=1S/C25H20N6O2/c32-20(14-31-11-10-26-16-31)12-17-6-8-19(9-7-17)30-25-22-21(13-27-24(22)28-15-29-25)23(33)18-4-2-1-3-5-18/h1-11,13,15-16H,12,14H2,(H2,27,28,29,30). The monoisotopic (exact) mass is 436 g/mol. The summed E-state index contributed by atoms with van der Waals surface area (Å²) in [5.74, 6) is 0.526. The number of hydrogen-bond acceptors (Lipinski definition) is 6.